The lowest BCUT2D eigenvalue weighted by Crippen LogP contribution is -2.66. The van der Waals surface area contributed by atoms with Crippen molar-refractivity contribution >= 4 is 47.1 Å². The molecule has 1 heterocycles. The van der Waals surface area contributed by atoms with Crippen LogP contribution in [-0.4, -0.2) is 59.4 Å². The predicted octanol–water partition coefficient (Wildman–Crippen LogP) is 0.875. The topological polar surface area (TPSA) is 114 Å². The minimum atomic E-state index is -2.16. The zero-order chi connectivity index (χ0) is 19.4. The molecule has 1 saturated heterocycles. The molecule has 0 aromatic heterocycles. The highest BCUT2D eigenvalue weighted by Crippen LogP contribution is 2.41. The first kappa shape index (κ1) is 21.5. The van der Waals surface area contributed by atoms with E-state index in [1.54, 1.807) is 0 Å². The molecule has 0 radical (unpaired) electrons. The van der Waals surface area contributed by atoms with Crippen LogP contribution in [0.5, 0.6) is 0 Å². The van der Waals surface area contributed by atoms with Gasteiger partial charge in [0.2, 0.25) is 0 Å². The molecule has 1 aliphatic rings. The molecule has 0 aliphatic carbocycles. The number of hydrogen-bond acceptors (Lipinski definition) is 9. The van der Waals surface area contributed by atoms with E-state index < -0.39 is 52.8 Å². The van der Waals surface area contributed by atoms with Gasteiger partial charge < -0.3 is 23.7 Å². The number of ether oxygens (including phenoxy) is 5. The highest BCUT2D eigenvalue weighted by molar-refractivity contribution is 6.32. The molecule has 0 aromatic carbocycles. The lowest BCUT2D eigenvalue weighted by atomic mass is 9.98. The van der Waals surface area contributed by atoms with Crippen molar-refractivity contribution in [1.82, 2.24) is 0 Å². The van der Waals surface area contributed by atoms with Gasteiger partial charge in [-0.25, -0.2) is 0 Å². The third kappa shape index (κ3) is 5.72. The minimum Gasteiger partial charge on any atom is -0.463 e. The monoisotopic (exact) mass is 400 g/mol. The maximum Gasteiger partial charge on any atom is 0.304 e. The first-order chi connectivity index (χ1) is 11.5. The van der Waals surface area contributed by atoms with Crippen molar-refractivity contribution in [3.05, 3.63) is 0 Å². The van der Waals surface area contributed by atoms with Gasteiger partial charge >= 0.3 is 23.9 Å². The van der Waals surface area contributed by atoms with E-state index in [4.69, 9.17) is 46.9 Å². The van der Waals surface area contributed by atoms with Crippen LogP contribution in [0.2, 0.25) is 0 Å². The van der Waals surface area contributed by atoms with Crippen molar-refractivity contribution in [1.29, 1.82) is 0 Å². The number of carbonyl (C=O) groups excluding carboxylic acids is 4. The van der Waals surface area contributed by atoms with E-state index in [1.165, 1.54) is 0 Å². The lowest BCUT2D eigenvalue weighted by Gasteiger charge is -2.46. The molecule has 9 nitrogen and oxygen atoms in total. The van der Waals surface area contributed by atoms with Gasteiger partial charge in [0.05, 0.1) is 0 Å². The molecule has 0 aromatic rings. The van der Waals surface area contributed by atoms with Gasteiger partial charge in [-0.15, -0.1) is 0 Å². The molecule has 1 fully saturated rings. The number of rotatable bonds is 5. The average Bonchev–Trinajstić information content (AvgIpc) is 2.44. The summed E-state index contributed by atoms with van der Waals surface area (Å²) < 4.78 is 25.4. The van der Waals surface area contributed by atoms with Crippen LogP contribution < -0.4 is 0 Å². The molecule has 142 valence electrons. The zero-order valence-electron chi connectivity index (χ0n) is 13.9. The van der Waals surface area contributed by atoms with E-state index in [0.717, 1.165) is 27.7 Å². The summed E-state index contributed by atoms with van der Waals surface area (Å²) in [4.78, 5) is 45.3. The van der Waals surface area contributed by atoms with E-state index in [-0.39, 0.29) is 6.61 Å². The number of halogens is 2. The van der Waals surface area contributed by atoms with E-state index in [2.05, 4.69) is 0 Å². The summed E-state index contributed by atoms with van der Waals surface area (Å²) in [6.07, 6.45) is -3.95. The van der Waals surface area contributed by atoms with E-state index in [0.29, 0.717) is 0 Å². The predicted molar refractivity (Wildman–Crippen MR) is 82.6 cm³/mol. The number of esters is 4. The van der Waals surface area contributed by atoms with Gasteiger partial charge in [-0.2, -0.15) is 0 Å². The van der Waals surface area contributed by atoms with Crippen LogP contribution in [0, 0.1) is 0 Å². The van der Waals surface area contributed by atoms with Crippen molar-refractivity contribution in [3.8, 4) is 0 Å². The van der Waals surface area contributed by atoms with Crippen molar-refractivity contribution in [2.75, 3.05) is 6.61 Å². The Hall–Kier alpha value is -1.58. The molecule has 0 bridgehead atoms. The summed E-state index contributed by atoms with van der Waals surface area (Å²) in [6, 6.07) is 0. The maximum absolute atomic E-state index is 11.5. The number of hydrogen-bond donors (Lipinski definition) is 0. The Morgan fingerprint density at radius 3 is 1.96 bits per heavy atom. The fraction of sp³-hybridized carbons (Fsp3) is 0.714. The minimum absolute atomic E-state index is 0.360. The fourth-order valence-electron chi connectivity index (χ4n) is 2.19. The largest absolute Gasteiger partial charge is 0.463 e. The average molecular weight is 401 g/mol. The van der Waals surface area contributed by atoms with Crippen LogP contribution in [0.25, 0.3) is 0 Å². The smallest absolute Gasteiger partial charge is 0.304 e. The van der Waals surface area contributed by atoms with Crippen LogP contribution in [0.4, 0.5) is 0 Å². The van der Waals surface area contributed by atoms with E-state index >= 15 is 0 Å². The first-order valence-corrected chi connectivity index (χ1v) is 7.94. The van der Waals surface area contributed by atoms with Gasteiger partial charge in [0.1, 0.15) is 12.7 Å². The molecular formula is C14H18Cl2O9. The third-order valence-corrected chi connectivity index (χ3v) is 4.03. The van der Waals surface area contributed by atoms with Gasteiger partial charge in [0, 0.05) is 27.7 Å². The Morgan fingerprint density at radius 1 is 0.960 bits per heavy atom. The Kier molecular flexibility index (Phi) is 7.45. The molecule has 0 spiro atoms. The number of alkyl halides is 2. The van der Waals surface area contributed by atoms with Crippen molar-refractivity contribution in [2.24, 2.45) is 0 Å². The van der Waals surface area contributed by atoms with Crippen molar-refractivity contribution in [2.45, 2.75) is 56.6 Å². The maximum atomic E-state index is 11.5. The summed E-state index contributed by atoms with van der Waals surface area (Å²) in [5.41, 5.74) is -1.49. The molecule has 0 N–H and O–H groups in total. The van der Waals surface area contributed by atoms with Crippen LogP contribution in [0.3, 0.4) is 0 Å². The third-order valence-electron chi connectivity index (χ3n) is 3.00. The molecule has 5 atom stereocenters. The molecule has 11 heteroatoms. The van der Waals surface area contributed by atoms with Crippen LogP contribution in [-0.2, 0) is 42.9 Å². The summed E-state index contributed by atoms with van der Waals surface area (Å²) in [5.74, 6) is -3.01. The van der Waals surface area contributed by atoms with Crippen LogP contribution in [0.15, 0.2) is 0 Å². The summed E-state index contributed by atoms with van der Waals surface area (Å²) in [6.45, 7) is 4.04. The fourth-order valence-corrected chi connectivity index (χ4v) is 2.82. The molecule has 1 rings (SSSR count). The highest BCUT2D eigenvalue weighted by Gasteiger charge is 2.61. The van der Waals surface area contributed by atoms with E-state index in [9.17, 15) is 19.2 Å². The van der Waals surface area contributed by atoms with Crippen LogP contribution in [0.1, 0.15) is 27.7 Å². The standard InChI is InChI=1S/C14H18Cl2O9/c1-6(17)21-5-10-11(22-7(2)18)12(23-8(3)19)14(16,13(15)24-10)25-9(4)20/h10-13H,5H2,1-4H3/t10-,11-,12+,13+,14+/m1/s1. The number of carbonyl (C=O) groups is 4. The summed E-state index contributed by atoms with van der Waals surface area (Å²) in [7, 11) is 0. The summed E-state index contributed by atoms with van der Waals surface area (Å²) >= 11 is 12.3. The van der Waals surface area contributed by atoms with Gasteiger partial charge in [0.25, 0.3) is 5.06 Å². The molecule has 0 unspecified atom stereocenters. The second kappa shape index (κ2) is 8.68. The highest BCUT2D eigenvalue weighted by atomic mass is 35.5. The van der Waals surface area contributed by atoms with Crippen molar-refractivity contribution < 1.29 is 42.9 Å². The van der Waals surface area contributed by atoms with Gasteiger partial charge in [-0.3, -0.25) is 19.2 Å². The second-order valence-electron chi connectivity index (χ2n) is 5.19. The van der Waals surface area contributed by atoms with E-state index in [1.807, 2.05) is 0 Å². The Labute approximate surface area is 153 Å². The Bertz CT molecular complexity index is 552. The van der Waals surface area contributed by atoms with Gasteiger partial charge in [-0.1, -0.05) is 23.2 Å². The van der Waals surface area contributed by atoms with Gasteiger partial charge in [-0.05, 0) is 0 Å². The molecule has 25 heavy (non-hydrogen) atoms. The summed E-state index contributed by atoms with van der Waals surface area (Å²) in [5, 5.41) is -2.16. The molecule has 1 aliphatic heterocycles. The Balaban J connectivity index is 3.26. The van der Waals surface area contributed by atoms with Crippen molar-refractivity contribution in [3.63, 3.8) is 0 Å². The first-order valence-electron chi connectivity index (χ1n) is 7.13. The zero-order valence-corrected chi connectivity index (χ0v) is 15.5. The SMILES string of the molecule is CC(=O)OC[C@H]1O[C@H](Cl)[C@@](Cl)(OC(C)=O)[C@@H](OC(C)=O)[C@@H]1OC(C)=O. The second-order valence-corrected chi connectivity index (χ2v) is 6.18. The molecule has 0 amide bonds. The Morgan fingerprint density at radius 2 is 1.52 bits per heavy atom. The van der Waals surface area contributed by atoms with Gasteiger partial charge in [0.15, 0.2) is 17.8 Å². The normalized spacial score (nSPS) is 31.6. The molecular weight excluding hydrogens is 383 g/mol. The quantitative estimate of drug-likeness (QED) is 0.376. The lowest BCUT2D eigenvalue weighted by molar-refractivity contribution is -0.250. The van der Waals surface area contributed by atoms with Crippen LogP contribution >= 0.6 is 23.2 Å². The molecule has 0 saturated carbocycles.